The van der Waals surface area contributed by atoms with Crippen LogP contribution in [0.15, 0.2) is 12.1 Å². The number of rotatable bonds is 4. The third-order valence-corrected chi connectivity index (χ3v) is 2.95. The normalized spacial score (nSPS) is 17.3. The monoisotopic (exact) mass is 251 g/mol. The highest BCUT2D eigenvalue weighted by atomic mass is 16.6. The molecule has 1 atom stereocenters. The van der Waals surface area contributed by atoms with Gasteiger partial charge in [0.25, 0.3) is 0 Å². The Morgan fingerprint density at radius 2 is 2.17 bits per heavy atom. The number of benzene rings is 1. The van der Waals surface area contributed by atoms with Crippen molar-refractivity contribution in [1.29, 1.82) is 0 Å². The zero-order valence-electron chi connectivity index (χ0n) is 10.3. The van der Waals surface area contributed by atoms with E-state index in [0.29, 0.717) is 25.2 Å². The van der Waals surface area contributed by atoms with E-state index in [1.165, 1.54) is 0 Å². The van der Waals surface area contributed by atoms with E-state index in [-0.39, 0.29) is 18.4 Å². The lowest BCUT2D eigenvalue weighted by Gasteiger charge is -2.11. The van der Waals surface area contributed by atoms with Gasteiger partial charge in [-0.3, -0.25) is 0 Å². The molecule has 2 rings (SSSR count). The molecule has 0 bridgehead atoms. The number of phenolic OH excluding ortho intramolecular Hbond substituents is 1. The molecule has 0 radical (unpaired) electrons. The van der Waals surface area contributed by atoms with Gasteiger partial charge >= 0.3 is 5.97 Å². The highest BCUT2D eigenvalue weighted by Crippen LogP contribution is 2.36. The summed E-state index contributed by atoms with van der Waals surface area (Å²) >= 11 is 0. The number of aromatic hydroxyl groups is 1. The molecule has 1 aromatic carbocycles. The fraction of sp³-hybridized carbons (Fsp3) is 0.462. The number of fused-ring (bicyclic) bond motifs is 1. The molecule has 0 spiro atoms. The molecule has 18 heavy (non-hydrogen) atoms. The number of nitrogens with two attached hydrogens (primary N) is 1. The fourth-order valence-corrected chi connectivity index (χ4v) is 2.18. The molecule has 0 aliphatic heterocycles. The van der Waals surface area contributed by atoms with Crippen LogP contribution in [0.25, 0.3) is 0 Å². The van der Waals surface area contributed by atoms with Crippen molar-refractivity contribution in [2.75, 3.05) is 13.2 Å². The predicted molar refractivity (Wildman–Crippen MR) is 65.6 cm³/mol. The molecular formula is C13H17NO4. The van der Waals surface area contributed by atoms with Gasteiger partial charge in [-0.2, -0.15) is 0 Å². The van der Waals surface area contributed by atoms with Crippen molar-refractivity contribution in [1.82, 2.24) is 0 Å². The van der Waals surface area contributed by atoms with E-state index in [1.54, 1.807) is 19.1 Å². The minimum atomic E-state index is -0.401. The first-order chi connectivity index (χ1) is 8.61. The van der Waals surface area contributed by atoms with Crippen LogP contribution in [0.3, 0.4) is 0 Å². The Balaban J connectivity index is 2.11. The van der Waals surface area contributed by atoms with Crippen molar-refractivity contribution in [3.05, 3.63) is 23.3 Å². The highest BCUT2D eigenvalue weighted by Gasteiger charge is 2.25. The average Bonchev–Trinajstić information content (AvgIpc) is 2.71. The smallest absolute Gasteiger partial charge is 0.344 e. The number of hydrogen-bond donors (Lipinski definition) is 2. The van der Waals surface area contributed by atoms with Crippen LogP contribution in [-0.2, 0) is 22.4 Å². The minimum absolute atomic E-state index is 0.00163. The molecule has 0 saturated heterocycles. The van der Waals surface area contributed by atoms with Crippen LogP contribution >= 0.6 is 0 Å². The van der Waals surface area contributed by atoms with Crippen LogP contribution in [0.5, 0.6) is 11.5 Å². The molecule has 98 valence electrons. The third kappa shape index (κ3) is 2.56. The largest absolute Gasteiger partial charge is 0.508 e. The van der Waals surface area contributed by atoms with Gasteiger partial charge < -0.3 is 20.3 Å². The van der Waals surface area contributed by atoms with Crippen LogP contribution in [0.4, 0.5) is 0 Å². The summed E-state index contributed by atoms with van der Waals surface area (Å²) in [5.41, 5.74) is 7.59. The standard InChI is InChI=1S/C13H17NO4/c1-2-17-13(16)7-18-12-4-3-11(15)9-5-8(14)6-10(9)12/h3-4,8,15H,2,5-7,14H2,1H3. The summed E-state index contributed by atoms with van der Waals surface area (Å²) in [4.78, 5) is 11.2. The van der Waals surface area contributed by atoms with Crippen molar-refractivity contribution in [2.24, 2.45) is 5.73 Å². The lowest BCUT2D eigenvalue weighted by Crippen LogP contribution is -2.19. The molecule has 1 aromatic rings. The van der Waals surface area contributed by atoms with Crippen LogP contribution in [0.2, 0.25) is 0 Å². The highest BCUT2D eigenvalue weighted by molar-refractivity contribution is 5.71. The molecule has 0 saturated carbocycles. The zero-order chi connectivity index (χ0) is 13.1. The first-order valence-corrected chi connectivity index (χ1v) is 5.99. The number of carbonyl (C=O) groups excluding carboxylic acids is 1. The fourth-order valence-electron chi connectivity index (χ4n) is 2.18. The van der Waals surface area contributed by atoms with Crippen molar-refractivity contribution >= 4 is 5.97 Å². The van der Waals surface area contributed by atoms with Gasteiger partial charge in [0.2, 0.25) is 0 Å². The summed E-state index contributed by atoms with van der Waals surface area (Å²) in [6, 6.07) is 3.22. The maximum absolute atomic E-state index is 11.2. The molecular weight excluding hydrogens is 234 g/mol. The summed E-state index contributed by atoms with van der Waals surface area (Å²) in [6.45, 7) is 1.95. The Hall–Kier alpha value is -1.75. The maximum Gasteiger partial charge on any atom is 0.344 e. The summed E-state index contributed by atoms with van der Waals surface area (Å²) in [6.07, 6.45) is 1.29. The SMILES string of the molecule is CCOC(=O)COc1ccc(O)c2c1CC(N)C2. The van der Waals surface area contributed by atoms with Gasteiger partial charge in [-0.25, -0.2) is 4.79 Å². The lowest BCUT2D eigenvalue weighted by molar-refractivity contribution is -0.145. The Morgan fingerprint density at radius 1 is 1.44 bits per heavy atom. The first-order valence-electron chi connectivity index (χ1n) is 5.99. The molecule has 5 nitrogen and oxygen atoms in total. The van der Waals surface area contributed by atoms with E-state index in [2.05, 4.69) is 0 Å². The number of phenols is 1. The van der Waals surface area contributed by atoms with Gasteiger partial charge in [0.1, 0.15) is 11.5 Å². The van der Waals surface area contributed by atoms with E-state index in [0.717, 1.165) is 11.1 Å². The van der Waals surface area contributed by atoms with Gasteiger partial charge in [0.15, 0.2) is 6.61 Å². The Morgan fingerprint density at radius 3 is 2.89 bits per heavy atom. The van der Waals surface area contributed by atoms with Crippen molar-refractivity contribution in [2.45, 2.75) is 25.8 Å². The van der Waals surface area contributed by atoms with E-state index in [4.69, 9.17) is 15.2 Å². The second-order valence-corrected chi connectivity index (χ2v) is 4.30. The number of carbonyl (C=O) groups is 1. The molecule has 0 heterocycles. The molecule has 0 amide bonds. The van der Waals surface area contributed by atoms with Crippen LogP contribution in [-0.4, -0.2) is 30.3 Å². The lowest BCUT2D eigenvalue weighted by atomic mass is 10.1. The topological polar surface area (TPSA) is 81.8 Å². The van der Waals surface area contributed by atoms with E-state index >= 15 is 0 Å². The van der Waals surface area contributed by atoms with E-state index in [9.17, 15) is 9.90 Å². The summed E-state index contributed by atoms with van der Waals surface area (Å²) in [5.74, 6) is 0.437. The quantitative estimate of drug-likeness (QED) is 0.772. The Bertz CT molecular complexity index is 459. The first kappa shape index (κ1) is 12.7. The van der Waals surface area contributed by atoms with Gasteiger partial charge in [-0.1, -0.05) is 0 Å². The van der Waals surface area contributed by atoms with E-state index in [1.807, 2.05) is 0 Å². The molecule has 1 aliphatic rings. The molecule has 1 unspecified atom stereocenters. The van der Waals surface area contributed by atoms with Gasteiger partial charge in [0.05, 0.1) is 6.61 Å². The molecule has 1 aliphatic carbocycles. The molecule has 3 N–H and O–H groups in total. The van der Waals surface area contributed by atoms with Crippen LogP contribution in [0.1, 0.15) is 18.1 Å². The maximum atomic E-state index is 11.2. The molecule has 0 aromatic heterocycles. The summed E-state index contributed by atoms with van der Waals surface area (Å²) in [5, 5.41) is 9.73. The third-order valence-electron chi connectivity index (χ3n) is 2.95. The second-order valence-electron chi connectivity index (χ2n) is 4.30. The van der Waals surface area contributed by atoms with Gasteiger partial charge in [0, 0.05) is 17.2 Å². The number of ether oxygens (including phenoxy) is 2. The summed E-state index contributed by atoms with van der Waals surface area (Å²) in [7, 11) is 0. The van der Waals surface area contributed by atoms with Crippen molar-refractivity contribution in [3.63, 3.8) is 0 Å². The number of hydrogen-bond acceptors (Lipinski definition) is 5. The summed E-state index contributed by atoms with van der Waals surface area (Å²) < 4.78 is 10.2. The second kappa shape index (κ2) is 5.27. The van der Waals surface area contributed by atoms with Crippen LogP contribution < -0.4 is 10.5 Å². The zero-order valence-corrected chi connectivity index (χ0v) is 10.3. The molecule has 5 heteroatoms. The Kier molecular flexibility index (Phi) is 3.72. The van der Waals surface area contributed by atoms with E-state index < -0.39 is 5.97 Å². The average molecular weight is 251 g/mol. The number of esters is 1. The van der Waals surface area contributed by atoms with Gasteiger partial charge in [-0.15, -0.1) is 0 Å². The van der Waals surface area contributed by atoms with Gasteiger partial charge in [-0.05, 0) is 31.9 Å². The van der Waals surface area contributed by atoms with Crippen LogP contribution in [0, 0.1) is 0 Å². The molecule has 0 fully saturated rings. The predicted octanol–water partition coefficient (Wildman–Crippen LogP) is 0.760. The Labute approximate surface area is 106 Å². The van der Waals surface area contributed by atoms with Crippen molar-refractivity contribution < 1.29 is 19.4 Å². The minimum Gasteiger partial charge on any atom is -0.508 e. The van der Waals surface area contributed by atoms with Crippen molar-refractivity contribution in [3.8, 4) is 11.5 Å².